The summed E-state index contributed by atoms with van der Waals surface area (Å²) in [5.74, 6) is 5.37. The van der Waals surface area contributed by atoms with Gasteiger partial charge in [-0.05, 0) is 98.7 Å². The van der Waals surface area contributed by atoms with Crippen LogP contribution in [-0.4, -0.2) is 79.0 Å². The Hall–Kier alpha value is -11.7. The minimum Gasteiger partial charge on any atom is -0.504 e. The van der Waals surface area contributed by atoms with E-state index in [2.05, 4.69) is 187 Å². The average Bonchev–Trinajstić information content (AvgIpc) is 1.66. The molecule has 0 radical (unpaired) electrons. The molecular weight excluding hydrogens is 2230 g/mol. The van der Waals surface area contributed by atoms with Gasteiger partial charge in [-0.25, -0.2) is 0 Å². The number of hydrogen-bond donors (Lipinski definition) is 0. The van der Waals surface area contributed by atoms with Crippen molar-refractivity contribution in [1.29, 1.82) is 0 Å². The predicted octanol–water partition coefficient (Wildman–Crippen LogP) is 19.1. The maximum Gasteiger partial charge on any atom is 0.193 e. The van der Waals surface area contributed by atoms with E-state index in [1.54, 1.807) is 17.6 Å². The SMILES string of the molecule is CN1[CH-]N(c2[c-]c(Oc3[c-]c(-c4nnco4)ccc3)ccc2)c2ccccc21.CN1[CH-]N(c2[c-]c(Oc3[c-]c(-c4nncs4)ccc3)ccc2)c2ccccc21.CN1[CH-]N(c2[c-]c(Oc3[c-]c(-c4nnno4)ccc3)ccc2)c2ccccc21.CN1[CH-]N(c2[c-]c(Oc3[c-]c(-c4nnns4)ccc3)ccc2)c2ccccc21.[Pt].[Pt].[Pt].[Pt]. The smallest absolute Gasteiger partial charge is 0.193 e. The van der Waals surface area contributed by atoms with Gasteiger partial charge in [0.15, 0.2) is 18.2 Å². The second kappa shape index (κ2) is 38.1. The summed E-state index contributed by atoms with van der Waals surface area (Å²) in [5, 5.41) is 35.3. The molecule has 0 saturated carbocycles. The van der Waals surface area contributed by atoms with Gasteiger partial charge in [0.1, 0.15) is 0 Å². The van der Waals surface area contributed by atoms with Crippen molar-refractivity contribution in [2.45, 2.75) is 0 Å². The zero-order valence-corrected chi connectivity index (χ0v) is 71.9. The number of ether oxygens (including phenoxy) is 4. The van der Waals surface area contributed by atoms with Gasteiger partial charge in [-0.15, -0.1) is 190 Å². The van der Waals surface area contributed by atoms with Crippen LogP contribution >= 0.6 is 22.9 Å². The number of anilines is 12. The van der Waals surface area contributed by atoms with E-state index < -0.39 is 0 Å². The Labute approximate surface area is 734 Å². The van der Waals surface area contributed by atoms with Gasteiger partial charge in [-0.1, -0.05) is 88.4 Å². The third-order valence-corrected chi connectivity index (χ3v) is 18.8. The topological polar surface area (TPSA) is 218 Å². The first-order valence-electron chi connectivity index (χ1n) is 34.7. The molecule has 0 aliphatic carbocycles. The molecule has 24 nitrogen and oxygen atoms in total. The number of nitrogens with zero attached hydrogens (tertiary/aromatic N) is 18. The predicted molar refractivity (Wildman–Crippen MR) is 428 cm³/mol. The van der Waals surface area contributed by atoms with Crippen molar-refractivity contribution in [2.24, 2.45) is 0 Å². The van der Waals surface area contributed by atoms with Crippen molar-refractivity contribution in [1.82, 2.24) is 50.8 Å². The van der Waals surface area contributed by atoms with Crippen LogP contribution in [0, 0.1) is 75.2 Å². The van der Waals surface area contributed by atoms with Crippen molar-refractivity contribution in [3.05, 3.63) is 330 Å². The number of hydrogen-bond acceptors (Lipinski definition) is 26. The van der Waals surface area contributed by atoms with Crippen LogP contribution in [0.5, 0.6) is 46.0 Å². The average molecular weight is 2280 g/mol. The number of para-hydroxylation sites is 8. The fourth-order valence-electron chi connectivity index (χ4n) is 12.4. The molecule has 30 heteroatoms. The molecule has 0 bridgehead atoms. The van der Waals surface area contributed by atoms with E-state index in [1.807, 2.05) is 237 Å². The van der Waals surface area contributed by atoms with Gasteiger partial charge < -0.3 is 67.1 Å². The first kappa shape index (κ1) is 82.2. The molecular formula is C86H58N18O6Pt4S2-12. The van der Waals surface area contributed by atoms with E-state index in [0.29, 0.717) is 68.0 Å². The van der Waals surface area contributed by atoms with E-state index in [1.165, 1.54) is 29.3 Å². The number of fused-ring (bicyclic) bond motifs is 4. The minimum atomic E-state index is 0. The number of aromatic nitrogens is 10. The molecule has 0 N–H and O–H groups in total. The molecule has 4 aliphatic rings. The summed E-state index contributed by atoms with van der Waals surface area (Å²) in [7, 11) is 8.11. The zero-order chi connectivity index (χ0) is 75.7. The summed E-state index contributed by atoms with van der Waals surface area (Å²) in [6, 6.07) is 105. The maximum atomic E-state index is 6.02. The van der Waals surface area contributed by atoms with Crippen LogP contribution in [-0.2, 0) is 84.3 Å². The molecule has 0 unspecified atom stereocenters. The van der Waals surface area contributed by atoms with Gasteiger partial charge in [-0.3, -0.25) is 0 Å². The van der Waals surface area contributed by atoms with E-state index in [-0.39, 0.29) is 90.2 Å². The van der Waals surface area contributed by atoms with Gasteiger partial charge in [0, 0.05) is 181 Å². The van der Waals surface area contributed by atoms with Crippen LogP contribution in [0.2, 0.25) is 0 Å². The second-order valence-corrected chi connectivity index (χ2v) is 26.5. The van der Waals surface area contributed by atoms with Crippen LogP contribution in [0.4, 0.5) is 68.2 Å². The van der Waals surface area contributed by atoms with Crippen molar-refractivity contribution in [3.63, 3.8) is 0 Å². The second-order valence-electron chi connectivity index (χ2n) is 24.9. The van der Waals surface area contributed by atoms with Gasteiger partial charge in [0.2, 0.25) is 0 Å². The van der Waals surface area contributed by atoms with Crippen LogP contribution < -0.4 is 58.1 Å². The largest absolute Gasteiger partial charge is 0.504 e. The summed E-state index contributed by atoms with van der Waals surface area (Å²) in [6.07, 6.45) is 1.29. The van der Waals surface area contributed by atoms with Crippen LogP contribution in [0.25, 0.3) is 44.1 Å². The van der Waals surface area contributed by atoms with Gasteiger partial charge in [-0.2, -0.15) is 82.7 Å². The fourth-order valence-corrected chi connectivity index (χ4v) is 13.4. The summed E-state index contributed by atoms with van der Waals surface area (Å²) >= 11 is 2.69. The van der Waals surface area contributed by atoms with Gasteiger partial charge in [0.25, 0.3) is 0 Å². The third kappa shape index (κ3) is 18.8. The molecule has 4 aromatic heterocycles. The summed E-state index contributed by atoms with van der Waals surface area (Å²) in [4.78, 5) is 16.7. The monoisotopic (exact) mass is 2280 g/mol. The molecule has 20 rings (SSSR count). The Morgan fingerprint density at radius 2 is 0.638 bits per heavy atom. The molecule has 8 heterocycles. The Balaban J connectivity index is 0.000000133. The van der Waals surface area contributed by atoms with Gasteiger partial charge in [0.05, 0.1) is 15.5 Å². The van der Waals surface area contributed by atoms with Crippen molar-refractivity contribution >= 4 is 91.1 Å². The van der Waals surface area contributed by atoms with Crippen LogP contribution in [0.15, 0.2) is 263 Å². The van der Waals surface area contributed by atoms with Crippen LogP contribution in [0.1, 0.15) is 0 Å². The van der Waals surface area contributed by atoms with Crippen molar-refractivity contribution in [2.75, 3.05) is 67.4 Å². The normalized spacial score (nSPS) is 12.4. The summed E-state index contributed by atoms with van der Waals surface area (Å²) in [6.45, 7) is 8.14. The zero-order valence-electron chi connectivity index (χ0n) is 61.1. The fraction of sp³-hybridized carbons (Fsp3) is 0.0465. The molecule has 0 fully saturated rings. The first-order chi connectivity index (χ1) is 55.1. The van der Waals surface area contributed by atoms with Crippen molar-refractivity contribution < 1.29 is 112 Å². The quantitative estimate of drug-likeness (QED) is 0.0821. The molecule has 16 aromatic rings. The van der Waals surface area contributed by atoms with E-state index in [4.69, 9.17) is 27.9 Å². The molecule has 12 aromatic carbocycles. The molecule has 116 heavy (non-hydrogen) atoms. The van der Waals surface area contributed by atoms with E-state index in [0.717, 1.165) is 84.4 Å². The molecule has 4 aliphatic heterocycles. The molecule has 0 amide bonds. The first-order valence-corrected chi connectivity index (χ1v) is 36.3. The summed E-state index contributed by atoms with van der Waals surface area (Å²) in [5.41, 5.74) is 17.2. The molecule has 0 saturated heterocycles. The van der Waals surface area contributed by atoms with Gasteiger partial charge >= 0.3 is 0 Å². The van der Waals surface area contributed by atoms with Crippen LogP contribution in [0.3, 0.4) is 0 Å². The standard InChI is InChI=1S/C22H15N4O2.C22H15N4OS.C21H14N5O2.C21H14N5OS.4Pt/c1-25-15-26(21-11-3-2-10-20(21)25)17-7-5-9-19(13-17)28-18-8-4-6-16(12-18)22-24-23-14-27-22;1-25-15-26(21-11-3-2-10-20(21)25)17-7-5-9-19(13-17)27-18-8-4-6-16(12-18)22-24-23-14-28-22;2*1-25-14-26(20-11-3-2-10-19(20)25)16-7-5-9-18(13-16)27-17-8-4-6-15(12-17)21-22-23-24-28-21;;;;/h2*2-11,14-15H,1H3;2*2-11,14H,1H3;;;;/q4*-3;;;;. The minimum absolute atomic E-state index is 0. The third-order valence-electron chi connectivity index (χ3n) is 17.5. The molecule has 592 valence electrons. The molecule has 0 spiro atoms. The number of benzene rings is 12. The number of rotatable bonds is 16. The molecule has 0 atom stereocenters. The Morgan fingerprint density at radius 1 is 0.310 bits per heavy atom. The Bertz CT molecular complexity index is 5200. The Kier molecular flexibility index (Phi) is 27.0. The van der Waals surface area contributed by atoms with Crippen molar-refractivity contribution in [3.8, 4) is 90.0 Å². The maximum absolute atomic E-state index is 6.02. The van der Waals surface area contributed by atoms with E-state index >= 15 is 0 Å². The van der Waals surface area contributed by atoms with E-state index in [9.17, 15) is 0 Å². The Morgan fingerprint density at radius 3 is 0.957 bits per heavy atom. The summed E-state index contributed by atoms with van der Waals surface area (Å²) < 4.78 is 37.9.